The molecule has 0 aromatic heterocycles. The maximum atomic E-state index is 12.3. The maximum Gasteiger partial charge on any atom is 0.293 e. The second-order valence-corrected chi connectivity index (χ2v) is 6.47. The number of carbonyl (C=O) groups is 1. The molecule has 1 aliphatic heterocycles. The van der Waals surface area contributed by atoms with Crippen LogP contribution < -0.4 is 14.8 Å². The van der Waals surface area contributed by atoms with Crippen molar-refractivity contribution in [3.63, 3.8) is 0 Å². The van der Waals surface area contributed by atoms with Crippen molar-refractivity contribution in [3.05, 3.63) is 58.1 Å². The van der Waals surface area contributed by atoms with Crippen molar-refractivity contribution >= 4 is 17.3 Å². The third-order valence-electron chi connectivity index (χ3n) is 4.21. The fourth-order valence-electron chi connectivity index (χ4n) is 2.96. The number of benzene rings is 2. The molecule has 0 saturated heterocycles. The zero-order valence-electron chi connectivity index (χ0n) is 15.2. The van der Waals surface area contributed by atoms with E-state index in [4.69, 9.17) is 9.47 Å². The molecule has 1 atom stereocenters. The summed E-state index contributed by atoms with van der Waals surface area (Å²) < 4.78 is 11.6. The second kappa shape index (κ2) is 8.05. The molecule has 0 aliphatic carbocycles. The monoisotopic (exact) mass is 371 g/mol. The summed E-state index contributed by atoms with van der Waals surface area (Å²) in [4.78, 5) is 24.8. The Morgan fingerprint density at radius 2 is 2.00 bits per heavy atom. The number of ether oxygens (including phenoxy) is 2. The molecule has 1 aliphatic rings. The van der Waals surface area contributed by atoms with E-state index in [0.29, 0.717) is 30.2 Å². The van der Waals surface area contributed by atoms with E-state index in [-0.39, 0.29) is 29.9 Å². The second-order valence-electron chi connectivity index (χ2n) is 6.47. The van der Waals surface area contributed by atoms with Gasteiger partial charge in [-0.15, -0.1) is 0 Å². The predicted octanol–water partition coefficient (Wildman–Crippen LogP) is 2.61. The Labute approximate surface area is 156 Å². The molecule has 8 heteroatoms. The number of aryl methyl sites for hydroxylation is 1. The van der Waals surface area contributed by atoms with E-state index >= 15 is 0 Å². The maximum absolute atomic E-state index is 12.3. The van der Waals surface area contributed by atoms with Gasteiger partial charge in [0.25, 0.3) is 5.69 Å². The molecule has 3 rings (SSSR count). The minimum Gasteiger partial charge on any atom is -0.486 e. The molecule has 27 heavy (non-hydrogen) atoms. The first kappa shape index (κ1) is 18.7. The van der Waals surface area contributed by atoms with Gasteiger partial charge in [-0.25, -0.2) is 0 Å². The Bertz CT molecular complexity index is 855. The number of nitro benzene ring substituents is 1. The summed E-state index contributed by atoms with van der Waals surface area (Å²) in [5.74, 6) is 1.06. The Hall–Kier alpha value is -3.13. The molecular formula is C19H21N3O5. The first-order valence-corrected chi connectivity index (χ1v) is 8.55. The molecule has 0 radical (unpaired) electrons. The van der Waals surface area contributed by atoms with Gasteiger partial charge in [-0.1, -0.05) is 24.3 Å². The number of para-hydroxylation sites is 3. The van der Waals surface area contributed by atoms with E-state index in [2.05, 4.69) is 5.32 Å². The van der Waals surface area contributed by atoms with Crippen LogP contribution in [0.4, 0.5) is 11.4 Å². The van der Waals surface area contributed by atoms with E-state index < -0.39 is 4.92 Å². The van der Waals surface area contributed by atoms with Gasteiger partial charge in [0, 0.05) is 12.6 Å². The molecule has 2 aromatic rings. The predicted molar refractivity (Wildman–Crippen MR) is 100 cm³/mol. The molecule has 142 valence electrons. The van der Waals surface area contributed by atoms with Gasteiger partial charge >= 0.3 is 0 Å². The number of likely N-dealkylation sites (N-methyl/N-ethyl adjacent to an activating group) is 1. The Kier molecular flexibility index (Phi) is 5.56. The number of amides is 1. The highest BCUT2D eigenvalue weighted by atomic mass is 16.6. The lowest BCUT2D eigenvalue weighted by atomic mass is 10.1. The third kappa shape index (κ3) is 4.53. The van der Waals surface area contributed by atoms with Crippen LogP contribution in [0.3, 0.4) is 0 Å². The normalized spacial score (nSPS) is 15.4. The smallest absolute Gasteiger partial charge is 0.293 e. The number of rotatable bonds is 6. The van der Waals surface area contributed by atoms with Crippen LogP contribution in [0.2, 0.25) is 0 Å². The van der Waals surface area contributed by atoms with Crippen LogP contribution in [0.5, 0.6) is 11.5 Å². The first-order chi connectivity index (χ1) is 12.9. The number of hydrogen-bond acceptors (Lipinski definition) is 6. The minimum absolute atomic E-state index is 0.0764. The summed E-state index contributed by atoms with van der Waals surface area (Å²) in [6, 6.07) is 12.1. The number of fused-ring (bicyclic) bond motifs is 1. The Balaban J connectivity index is 1.57. The first-order valence-electron chi connectivity index (χ1n) is 8.55. The third-order valence-corrected chi connectivity index (χ3v) is 4.21. The largest absolute Gasteiger partial charge is 0.486 e. The summed E-state index contributed by atoms with van der Waals surface area (Å²) in [5.41, 5.74) is 0.750. The minimum atomic E-state index is -0.503. The number of carbonyl (C=O) groups excluding carboxylic acids is 1. The molecular weight excluding hydrogens is 350 g/mol. The molecule has 0 saturated carbocycles. The van der Waals surface area contributed by atoms with Crippen LogP contribution >= 0.6 is 0 Å². The average Bonchev–Trinajstić information content (AvgIpc) is 2.63. The van der Waals surface area contributed by atoms with E-state index in [9.17, 15) is 14.9 Å². The highest BCUT2D eigenvalue weighted by Crippen LogP contribution is 2.31. The summed E-state index contributed by atoms with van der Waals surface area (Å²) in [6.45, 7) is 2.67. The quantitative estimate of drug-likeness (QED) is 0.620. The molecule has 1 heterocycles. The average molecular weight is 371 g/mol. The Morgan fingerprint density at radius 3 is 2.74 bits per heavy atom. The van der Waals surface area contributed by atoms with Gasteiger partial charge in [0.05, 0.1) is 11.5 Å². The van der Waals surface area contributed by atoms with Crippen molar-refractivity contribution < 1.29 is 19.2 Å². The van der Waals surface area contributed by atoms with Gasteiger partial charge in [-0.2, -0.15) is 0 Å². The highest BCUT2D eigenvalue weighted by Gasteiger charge is 2.23. The zero-order chi connectivity index (χ0) is 19.4. The Morgan fingerprint density at radius 1 is 1.26 bits per heavy atom. The van der Waals surface area contributed by atoms with Crippen molar-refractivity contribution in [1.82, 2.24) is 4.90 Å². The number of hydrogen-bond donors (Lipinski definition) is 1. The summed E-state index contributed by atoms with van der Waals surface area (Å²) in [6.07, 6.45) is -0.203. The lowest BCUT2D eigenvalue weighted by Gasteiger charge is -2.29. The lowest BCUT2D eigenvalue weighted by molar-refractivity contribution is -0.384. The standard InChI is InChI=1S/C19H21N3O5/c1-13-6-5-7-15(22(24)25)19(13)20-18(23)11-21(2)10-14-12-26-16-8-3-4-9-17(16)27-14/h3-9,14H,10-12H2,1-2H3,(H,20,23)/t14-/m0/s1. The van der Waals surface area contributed by atoms with Crippen molar-refractivity contribution in [2.45, 2.75) is 13.0 Å². The molecule has 0 unspecified atom stereocenters. The van der Waals surface area contributed by atoms with Crippen LogP contribution in [0.25, 0.3) is 0 Å². The van der Waals surface area contributed by atoms with Crippen LogP contribution in [0.15, 0.2) is 42.5 Å². The molecule has 0 fully saturated rings. The van der Waals surface area contributed by atoms with E-state index in [1.165, 1.54) is 6.07 Å². The van der Waals surface area contributed by atoms with E-state index in [1.807, 2.05) is 24.3 Å². The molecule has 0 spiro atoms. The van der Waals surface area contributed by atoms with Gasteiger partial charge in [0.15, 0.2) is 11.5 Å². The summed E-state index contributed by atoms with van der Waals surface area (Å²) in [7, 11) is 1.79. The highest BCUT2D eigenvalue weighted by molar-refractivity contribution is 5.95. The summed E-state index contributed by atoms with van der Waals surface area (Å²) in [5, 5.41) is 13.8. The van der Waals surface area contributed by atoms with Gasteiger partial charge in [0.2, 0.25) is 5.91 Å². The fraction of sp³-hybridized carbons (Fsp3) is 0.316. The zero-order valence-corrected chi connectivity index (χ0v) is 15.2. The van der Waals surface area contributed by atoms with Crippen LogP contribution in [0.1, 0.15) is 5.56 Å². The number of nitro groups is 1. The van der Waals surface area contributed by atoms with E-state index in [1.54, 1.807) is 31.0 Å². The number of anilines is 1. The molecule has 2 aromatic carbocycles. The van der Waals surface area contributed by atoms with Gasteiger partial charge in [0.1, 0.15) is 18.4 Å². The molecule has 1 N–H and O–H groups in total. The van der Waals surface area contributed by atoms with Gasteiger partial charge in [-0.05, 0) is 31.7 Å². The van der Waals surface area contributed by atoms with Crippen molar-refractivity contribution in [1.29, 1.82) is 0 Å². The molecule has 1 amide bonds. The van der Waals surface area contributed by atoms with Crippen LogP contribution in [-0.2, 0) is 4.79 Å². The lowest BCUT2D eigenvalue weighted by Crippen LogP contribution is -2.42. The topological polar surface area (TPSA) is 93.9 Å². The molecule has 0 bridgehead atoms. The van der Waals surface area contributed by atoms with E-state index in [0.717, 1.165) is 0 Å². The summed E-state index contributed by atoms with van der Waals surface area (Å²) >= 11 is 0. The fourth-order valence-corrected chi connectivity index (χ4v) is 2.96. The van der Waals surface area contributed by atoms with Crippen molar-refractivity contribution in [2.24, 2.45) is 0 Å². The van der Waals surface area contributed by atoms with Crippen molar-refractivity contribution in [2.75, 3.05) is 32.1 Å². The van der Waals surface area contributed by atoms with Gasteiger partial charge in [-0.3, -0.25) is 19.8 Å². The number of nitrogens with zero attached hydrogens (tertiary/aromatic N) is 2. The molecule has 8 nitrogen and oxygen atoms in total. The number of nitrogens with one attached hydrogen (secondary N) is 1. The SMILES string of the molecule is Cc1cccc([N+](=O)[O-])c1NC(=O)CN(C)C[C@H]1COc2ccccc2O1. The van der Waals surface area contributed by atoms with Gasteiger partial charge < -0.3 is 14.8 Å². The van der Waals surface area contributed by atoms with Crippen molar-refractivity contribution in [3.8, 4) is 11.5 Å². The van der Waals surface area contributed by atoms with Crippen LogP contribution in [-0.4, -0.2) is 48.6 Å². The van der Waals surface area contributed by atoms with Crippen LogP contribution in [0, 0.1) is 17.0 Å².